The number of nitrogens with zero attached hydrogens (tertiary/aromatic N) is 3. The molecule has 6 heteroatoms. The lowest BCUT2D eigenvalue weighted by Gasteiger charge is -2.23. The average molecular weight is 366 g/mol. The van der Waals surface area contributed by atoms with Crippen LogP contribution in [0.2, 0.25) is 0 Å². The quantitative estimate of drug-likeness (QED) is 0.712. The summed E-state index contributed by atoms with van der Waals surface area (Å²) in [6, 6.07) is 12.3. The number of aromatic nitrogens is 3. The van der Waals surface area contributed by atoms with Gasteiger partial charge in [-0.1, -0.05) is 49.6 Å². The summed E-state index contributed by atoms with van der Waals surface area (Å²) < 4.78 is 1.98. The summed E-state index contributed by atoms with van der Waals surface area (Å²) in [5.41, 5.74) is 1.88. The maximum Gasteiger partial charge on any atom is 0.231 e. The number of amides is 1. The van der Waals surface area contributed by atoms with E-state index in [-0.39, 0.29) is 12.3 Å². The molecule has 1 aliphatic carbocycles. The zero-order valence-corrected chi connectivity index (χ0v) is 15.4. The third kappa shape index (κ3) is 3.85. The van der Waals surface area contributed by atoms with Crippen LogP contribution >= 0.6 is 11.3 Å². The molecule has 1 saturated carbocycles. The normalized spacial score (nSPS) is 15.1. The molecule has 1 amide bonds. The highest BCUT2D eigenvalue weighted by atomic mass is 32.1. The number of rotatable bonds is 5. The van der Waals surface area contributed by atoms with Crippen LogP contribution in [0, 0.1) is 0 Å². The van der Waals surface area contributed by atoms with Crippen molar-refractivity contribution in [3.63, 3.8) is 0 Å². The Morgan fingerprint density at radius 3 is 2.77 bits per heavy atom. The molecule has 0 atom stereocenters. The lowest BCUT2D eigenvalue weighted by Crippen LogP contribution is -2.21. The number of thiazole rings is 1. The second-order valence-electron chi connectivity index (χ2n) is 6.69. The molecule has 4 rings (SSSR count). The predicted octanol–water partition coefficient (Wildman–Crippen LogP) is 4.69. The van der Waals surface area contributed by atoms with Crippen LogP contribution in [-0.2, 0) is 11.2 Å². The van der Waals surface area contributed by atoms with Gasteiger partial charge in [0.1, 0.15) is 10.8 Å². The third-order valence-corrected chi connectivity index (χ3v) is 5.71. The molecular formula is C20H22N4OS. The van der Waals surface area contributed by atoms with Crippen molar-refractivity contribution in [1.82, 2.24) is 14.8 Å². The van der Waals surface area contributed by atoms with E-state index in [9.17, 15) is 4.79 Å². The van der Waals surface area contributed by atoms with Gasteiger partial charge in [0.2, 0.25) is 5.91 Å². The molecule has 1 N–H and O–H groups in total. The first-order valence-corrected chi connectivity index (χ1v) is 10.0. The van der Waals surface area contributed by atoms with Crippen molar-refractivity contribution in [1.29, 1.82) is 0 Å². The molecule has 2 aromatic heterocycles. The molecule has 0 aliphatic heterocycles. The van der Waals surface area contributed by atoms with Gasteiger partial charge in [-0.25, -0.2) is 9.67 Å². The summed E-state index contributed by atoms with van der Waals surface area (Å²) in [4.78, 5) is 17.1. The number of nitrogens with one attached hydrogen (secondary N) is 1. The Balaban J connectivity index is 1.41. The second-order valence-corrected chi connectivity index (χ2v) is 7.55. The molecule has 0 radical (unpaired) electrons. The Morgan fingerprint density at radius 2 is 1.96 bits per heavy atom. The van der Waals surface area contributed by atoms with Crippen molar-refractivity contribution in [2.75, 3.05) is 5.32 Å². The van der Waals surface area contributed by atoms with E-state index in [1.54, 1.807) is 17.5 Å². The summed E-state index contributed by atoms with van der Waals surface area (Å²) in [6.45, 7) is 0. The monoisotopic (exact) mass is 366 g/mol. The standard InChI is InChI=1S/C20H22N4OS/c25-19(13-16-14-26-20(22-16)15-7-3-1-4-8-15)23-18-11-12-21-24(18)17-9-5-2-6-10-17/h1,3-4,7-8,11-12,14,17H,2,5-6,9-10,13H2,(H,23,25). The van der Waals surface area contributed by atoms with Crippen molar-refractivity contribution in [3.8, 4) is 10.6 Å². The van der Waals surface area contributed by atoms with E-state index in [2.05, 4.69) is 15.4 Å². The van der Waals surface area contributed by atoms with Crippen LogP contribution < -0.4 is 5.32 Å². The van der Waals surface area contributed by atoms with Gasteiger partial charge in [0.25, 0.3) is 0 Å². The largest absolute Gasteiger partial charge is 0.311 e. The molecule has 1 aliphatic rings. The highest BCUT2D eigenvalue weighted by molar-refractivity contribution is 7.13. The minimum Gasteiger partial charge on any atom is -0.311 e. The van der Waals surface area contributed by atoms with E-state index < -0.39 is 0 Å². The number of benzene rings is 1. The van der Waals surface area contributed by atoms with E-state index in [1.807, 2.05) is 46.5 Å². The Labute approximate surface area is 157 Å². The van der Waals surface area contributed by atoms with Gasteiger partial charge in [-0.2, -0.15) is 5.10 Å². The fourth-order valence-corrected chi connectivity index (χ4v) is 4.31. The minimum absolute atomic E-state index is 0.0486. The fourth-order valence-electron chi connectivity index (χ4n) is 3.48. The van der Waals surface area contributed by atoms with Gasteiger partial charge in [-0.05, 0) is 12.8 Å². The number of anilines is 1. The summed E-state index contributed by atoms with van der Waals surface area (Å²) in [5, 5.41) is 10.3. The SMILES string of the molecule is O=C(Cc1csc(-c2ccccc2)n1)Nc1ccnn1C1CCCCC1. The Hall–Kier alpha value is -2.47. The number of hydrogen-bond acceptors (Lipinski definition) is 4. The van der Waals surface area contributed by atoms with Gasteiger partial charge in [0, 0.05) is 17.0 Å². The zero-order valence-electron chi connectivity index (χ0n) is 14.6. The summed E-state index contributed by atoms with van der Waals surface area (Å²) in [7, 11) is 0. The topological polar surface area (TPSA) is 59.8 Å². The van der Waals surface area contributed by atoms with Crippen molar-refractivity contribution in [3.05, 3.63) is 53.7 Å². The van der Waals surface area contributed by atoms with Crippen molar-refractivity contribution in [2.24, 2.45) is 0 Å². The first-order chi connectivity index (χ1) is 12.8. The van der Waals surface area contributed by atoms with Gasteiger partial charge >= 0.3 is 0 Å². The van der Waals surface area contributed by atoms with Crippen molar-refractivity contribution in [2.45, 2.75) is 44.6 Å². The molecule has 0 bridgehead atoms. The lowest BCUT2D eigenvalue weighted by atomic mass is 9.96. The summed E-state index contributed by atoms with van der Waals surface area (Å²) in [6.07, 6.45) is 8.08. The molecule has 2 heterocycles. The van der Waals surface area contributed by atoms with E-state index in [0.717, 1.165) is 34.9 Å². The molecule has 26 heavy (non-hydrogen) atoms. The van der Waals surface area contributed by atoms with Gasteiger partial charge in [-0.15, -0.1) is 11.3 Å². The van der Waals surface area contributed by atoms with Gasteiger partial charge < -0.3 is 5.32 Å². The van der Waals surface area contributed by atoms with Crippen LogP contribution in [0.25, 0.3) is 10.6 Å². The van der Waals surface area contributed by atoms with Crippen LogP contribution in [0.4, 0.5) is 5.82 Å². The second kappa shape index (κ2) is 7.83. The molecule has 3 aromatic rings. The van der Waals surface area contributed by atoms with Gasteiger partial charge in [0.15, 0.2) is 0 Å². The molecule has 5 nitrogen and oxygen atoms in total. The first kappa shape index (κ1) is 17.0. The lowest BCUT2D eigenvalue weighted by molar-refractivity contribution is -0.115. The summed E-state index contributed by atoms with van der Waals surface area (Å²) in [5.74, 6) is 0.743. The van der Waals surface area contributed by atoms with E-state index in [0.29, 0.717) is 6.04 Å². The third-order valence-electron chi connectivity index (χ3n) is 4.77. The maximum absolute atomic E-state index is 12.5. The molecule has 1 aromatic carbocycles. The van der Waals surface area contributed by atoms with E-state index in [4.69, 9.17) is 0 Å². The highest BCUT2D eigenvalue weighted by Gasteiger charge is 2.19. The number of hydrogen-bond donors (Lipinski definition) is 1. The predicted molar refractivity (Wildman–Crippen MR) is 104 cm³/mol. The number of carbonyl (C=O) groups is 1. The van der Waals surface area contributed by atoms with Crippen LogP contribution in [0.1, 0.15) is 43.8 Å². The van der Waals surface area contributed by atoms with Gasteiger partial charge in [-0.3, -0.25) is 4.79 Å². The Kier molecular flexibility index (Phi) is 5.11. The van der Waals surface area contributed by atoms with Crippen LogP contribution in [0.3, 0.4) is 0 Å². The smallest absolute Gasteiger partial charge is 0.231 e. The maximum atomic E-state index is 12.5. The van der Waals surface area contributed by atoms with Crippen LogP contribution in [0.5, 0.6) is 0 Å². The summed E-state index contributed by atoms with van der Waals surface area (Å²) >= 11 is 1.57. The van der Waals surface area contributed by atoms with Crippen molar-refractivity contribution >= 4 is 23.1 Å². The zero-order chi connectivity index (χ0) is 17.8. The van der Waals surface area contributed by atoms with Crippen LogP contribution in [0.15, 0.2) is 48.0 Å². The molecule has 0 unspecified atom stereocenters. The van der Waals surface area contributed by atoms with Gasteiger partial charge in [0.05, 0.1) is 24.4 Å². The van der Waals surface area contributed by atoms with Crippen molar-refractivity contribution < 1.29 is 4.79 Å². The van der Waals surface area contributed by atoms with Crippen LogP contribution in [-0.4, -0.2) is 20.7 Å². The first-order valence-electron chi connectivity index (χ1n) is 9.13. The molecule has 134 valence electrons. The average Bonchev–Trinajstić information content (AvgIpc) is 3.33. The Bertz CT molecular complexity index is 865. The molecule has 0 saturated heterocycles. The molecule has 0 spiro atoms. The highest BCUT2D eigenvalue weighted by Crippen LogP contribution is 2.30. The minimum atomic E-state index is -0.0486. The van der Waals surface area contributed by atoms with E-state index >= 15 is 0 Å². The molecule has 1 fully saturated rings. The van der Waals surface area contributed by atoms with E-state index in [1.165, 1.54) is 19.3 Å². The number of carbonyl (C=O) groups excluding carboxylic acids is 1. The molecular weight excluding hydrogens is 344 g/mol. The Morgan fingerprint density at radius 1 is 1.15 bits per heavy atom. The fraction of sp³-hybridized carbons (Fsp3) is 0.350.